The van der Waals surface area contributed by atoms with Gasteiger partial charge in [0.1, 0.15) is 0 Å². The second-order valence-corrected chi connectivity index (χ2v) is 7.21. The highest BCUT2D eigenvalue weighted by Crippen LogP contribution is 2.15. The molecule has 0 aromatic carbocycles. The van der Waals surface area contributed by atoms with Crippen molar-refractivity contribution in [2.75, 3.05) is 59.4 Å². The van der Waals surface area contributed by atoms with Gasteiger partial charge in [0.2, 0.25) is 0 Å². The average molecular weight is 451 g/mol. The monoisotopic (exact) mass is 451 g/mol. The maximum atomic E-state index is 4.32. The normalized spacial score (nSPS) is 20.8. The largest absolute Gasteiger partial charge is 0.356 e. The Morgan fingerprint density at radius 1 is 0.917 bits per heavy atom. The minimum atomic E-state index is 0. The zero-order chi connectivity index (χ0) is 16.3. The fraction of sp³-hybridized carbons (Fsp3) is 0.944. The van der Waals surface area contributed by atoms with Crippen LogP contribution < -0.4 is 10.6 Å². The maximum absolute atomic E-state index is 4.32. The topological polar surface area (TPSA) is 42.9 Å². The Balaban J connectivity index is 0.00000288. The molecule has 0 saturated carbocycles. The zero-order valence-corrected chi connectivity index (χ0v) is 18.1. The quantitative estimate of drug-likeness (QED) is 0.258. The number of nitrogens with zero attached hydrogens (tertiary/aromatic N) is 3. The van der Waals surface area contributed by atoms with Gasteiger partial charge < -0.3 is 20.4 Å². The van der Waals surface area contributed by atoms with Crippen LogP contribution in [0.2, 0.25) is 0 Å². The number of aliphatic imine (C=N–C) groups is 1. The van der Waals surface area contributed by atoms with Gasteiger partial charge >= 0.3 is 0 Å². The van der Waals surface area contributed by atoms with E-state index in [1.807, 2.05) is 7.05 Å². The number of likely N-dealkylation sites (tertiary alicyclic amines) is 2. The molecule has 6 heteroatoms. The molecule has 0 atom stereocenters. The van der Waals surface area contributed by atoms with E-state index in [1.165, 1.54) is 77.8 Å². The van der Waals surface area contributed by atoms with E-state index in [0.717, 1.165) is 25.0 Å². The van der Waals surface area contributed by atoms with Crippen LogP contribution in [-0.4, -0.2) is 75.2 Å². The Morgan fingerprint density at radius 3 is 1.92 bits per heavy atom. The van der Waals surface area contributed by atoms with Crippen molar-refractivity contribution < 1.29 is 0 Å². The molecule has 24 heavy (non-hydrogen) atoms. The first-order valence-corrected chi connectivity index (χ1v) is 9.67. The standard InChI is InChI=1S/C18H37N5.HI/c1-17-7-15-23(16-8-17)14-6-10-21-18(19-2)20-9-5-13-22-11-3-4-12-22;/h17H,3-16H2,1-2H3,(H2,19,20,21);1H. The Bertz CT molecular complexity index is 336. The lowest BCUT2D eigenvalue weighted by Gasteiger charge is -2.30. The van der Waals surface area contributed by atoms with Crippen molar-refractivity contribution in [1.29, 1.82) is 0 Å². The van der Waals surface area contributed by atoms with Crippen LogP contribution in [-0.2, 0) is 0 Å². The number of rotatable bonds is 8. The molecule has 2 N–H and O–H groups in total. The summed E-state index contributed by atoms with van der Waals surface area (Å²) < 4.78 is 0. The molecule has 2 aliphatic rings. The maximum Gasteiger partial charge on any atom is 0.190 e. The van der Waals surface area contributed by atoms with Crippen molar-refractivity contribution in [1.82, 2.24) is 20.4 Å². The van der Waals surface area contributed by atoms with Gasteiger partial charge in [-0.1, -0.05) is 6.92 Å². The van der Waals surface area contributed by atoms with Crippen LogP contribution in [0.15, 0.2) is 4.99 Å². The van der Waals surface area contributed by atoms with E-state index in [-0.39, 0.29) is 24.0 Å². The molecule has 2 aliphatic heterocycles. The smallest absolute Gasteiger partial charge is 0.190 e. The van der Waals surface area contributed by atoms with Gasteiger partial charge in [0.25, 0.3) is 0 Å². The summed E-state index contributed by atoms with van der Waals surface area (Å²) in [5.74, 6) is 1.88. The Morgan fingerprint density at radius 2 is 1.42 bits per heavy atom. The van der Waals surface area contributed by atoms with Crippen LogP contribution in [0.25, 0.3) is 0 Å². The van der Waals surface area contributed by atoms with Crippen LogP contribution in [0.1, 0.15) is 45.4 Å². The molecule has 2 saturated heterocycles. The molecule has 0 aliphatic carbocycles. The first-order valence-electron chi connectivity index (χ1n) is 9.67. The van der Waals surface area contributed by atoms with Gasteiger partial charge in [-0.05, 0) is 83.7 Å². The van der Waals surface area contributed by atoms with Crippen LogP contribution in [0.5, 0.6) is 0 Å². The molecule has 2 fully saturated rings. The number of piperidine rings is 1. The first kappa shape index (κ1) is 22.0. The number of hydrogen-bond acceptors (Lipinski definition) is 3. The minimum absolute atomic E-state index is 0. The lowest BCUT2D eigenvalue weighted by Crippen LogP contribution is -2.40. The summed E-state index contributed by atoms with van der Waals surface area (Å²) in [4.78, 5) is 9.49. The van der Waals surface area contributed by atoms with E-state index >= 15 is 0 Å². The number of hydrogen-bond donors (Lipinski definition) is 2. The van der Waals surface area contributed by atoms with E-state index < -0.39 is 0 Å². The first-order chi connectivity index (χ1) is 11.3. The molecular formula is C18H38IN5. The van der Waals surface area contributed by atoms with Crippen molar-refractivity contribution in [3.05, 3.63) is 0 Å². The van der Waals surface area contributed by atoms with Crippen molar-refractivity contribution >= 4 is 29.9 Å². The molecular weight excluding hydrogens is 413 g/mol. The number of nitrogens with one attached hydrogen (secondary N) is 2. The molecule has 5 nitrogen and oxygen atoms in total. The number of guanidine groups is 1. The van der Waals surface area contributed by atoms with Gasteiger partial charge in [-0.25, -0.2) is 0 Å². The Labute approximate surface area is 166 Å². The van der Waals surface area contributed by atoms with Gasteiger partial charge in [0.15, 0.2) is 5.96 Å². The zero-order valence-electron chi connectivity index (χ0n) is 15.7. The minimum Gasteiger partial charge on any atom is -0.356 e. The van der Waals surface area contributed by atoms with E-state index in [4.69, 9.17) is 0 Å². The van der Waals surface area contributed by atoms with Crippen molar-refractivity contribution in [2.24, 2.45) is 10.9 Å². The second kappa shape index (κ2) is 13.2. The van der Waals surface area contributed by atoms with E-state index in [9.17, 15) is 0 Å². The summed E-state index contributed by atoms with van der Waals surface area (Å²) in [6.45, 7) is 12.0. The lowest BCUT2D eigenvalue weighted by molar-refractivity contribution is 0.191. The highest BCUT2D eigenvalue weighted by atomic mass is 127. The fourth-order valence-electron chi connectivity index (χ4n) is 3.53. The predicted octanol–water partition coefficient (Wildman–Crippen LogP) is 2.38. The van der Waals surface area contributed by atoms with Gasteiger partial charge in [-0.3, -0.25) is 4.99 Å². The van der Waals surface area contributed by atoms with Crippen LogP contribution >= 0.6 is 24.0 Å². The van der Waals surface area contributed by atoms with Gasteiger partial charge in [0.05, 0.1) is 0 Å². The molecule has 142 valence electrons. The van der Waals surface area contributed by atoms with Crippen molar-refractivity contribution in [2.45, 2.75) is 45.4 Å². The lowest BCUT2D eigenvalue weighted by atomic mass is 9.99. The van der Waals surface area contributed by atoms with Gasteiger partial charge in [0, 0.05) is 20.1 Å². The van der Waals surface area contributed by atoms with Crippen LogP contribution in [0.3, 0.4) is 0 Å². The summed E-state index contributed by atoms with van der Waals surface area (Å²) in [5.41, 5.74) is 0. The SMILES string of the molecule is CN=C(NCCCN1CCCC1)NCCCN1CCC(C)CC1.I. The molecule has 0 aromatic heterocycles. The third-order valence-corrected chi connectivity index (χ3v) is 5.19. The number of halogens is 1. The second-order valence-electron chi connectivity index (χ2n) is 7.21. The van der Waals surface area contributed by atoms with Crippen LogP contribution in [0.4, 0.5) is 0 Å². The summed E-state index contributed by atoms with van der Waals surface area (Å²) in [6.07, 6.45) is 7.90. The van der Waals surface area contributed by atoms with E-state index in [0.29, 0.717) is 0 Å². The van der Waals surface area contributed by atoms with Crippen molar-refractivity contribution in [3.63, 3.8) is 0 Å². The molecule has 0 unspecified atom stereocenters. The van der Waals surface area contributed by atoms with Crippen LogP contribution in [0, 0.1) is 5.92 Å². The Kier molecular flexibility index (Phi) is 12.0. The highest BCUT2D eigenvalue weighted by molar-refractivity contribution is 14.0. The molecule has 0 bridgehead atoms. The predicted molar refractivity (Wildman–Crippen MR) is 115 cm³/mol. The molecule has 0 aromatic rings. The van der Waals surface area contributed by atoms with E-state index in [1.54, 1.807) is 0 Å². The molecule has 2 heterocycles. The molecule has 0 amide bonds. The summed E-state index contributed by atoms with van der Waals surface area (Å²) in [7, 11) is 1.86. The average Bonchev–Trinajstić information content (AvgIpc) is 3.08. The van der Waals surface area contributed by atoms with Crippen molar-refractivity contribution in [3.8, 4) is 0 Å². The highest BCUT2D eigenvalue weighted by Gasteiger charge is 2.14. The molecule has 0 spiro atoms. The molecule has 0 radical (unpaired) electrons. The van der Waals surface area contributed by atoms with E-state index in [2.05, 4.69) is 32.3 Å². The fourth-order valence-corrected chi connectivity index (χ4v) is 3.53. The third-order valence-electron chi connectivity index (χ3n) is 5.19. The van der Waals surface area contributed by atoms with Gasteiger partial charge in [-0.15, -0.1) is 24.0 Å². The molecule has 2 rings (SSSR count). The van der Waals surface area contributed by atoms with Gasteiger partial charge in [-0.2, -0.15) is 0 Å². The summed E-state index contributed by atoms with van der Waals surface area (Å²) >= 11 is 0. The third kappa shape index (κ3) is 8.85. The summed E-state index contributed by atoms with van der Waals surface area (Å²) in [5, 5.41) is 6.88. The summed E-state index contributed by atoms with van der Waals surface area (Å²) in [6, 6.07) is 0. The Hall–Kier alpha value is -0.0800.